The molecule has 3 aliphatic rings. The Hall–Kier alpha value is -1.29. The molecule has 2 N–H and O–H groups in total. The molecule has 116 valence electrons. The molecule has 3 rings (SSSR count). The highest BCUT2D eigenvalue weighted by Gasteiger charge is 2.76. The highest BCUT2D eigenvalue weighted by Crippen LogP contribution is 2.59. The third-order valence-electron chi connectivity index (χ3n) is 5.89. The molecule has 4 nitrogen and oxygen atoms in total. The van der Waals surface area contributed by atoms with Crippen LogP contribution in [0.15, 0.2) is 24.5 Å². The SMILES string of the molecule is C=C1O[C@@]2(C)[C@@H](CC)C(=O)N[C@@]12[C@@H](O)[C@]1(C)C=CCCC1. The molecule has 2 fully saturated rings. The van der Waals surface area contributed by atoms with Crippen molar-refractivity contribution in [3.63, 3.8) is 0 Å². The summed E-state index contributed by atoms with van der Waals surface area (Å²) < 4.78 is 5.82. The summed E-state index contributed by atoms with van der Waals surface area (Å²) in [5, 5.41) is 14.2. The van der Waals surface area contributed by atoms with Crippen molar-refractivity contribution in [2.45, 2.75) is 63.7 Å². The van der Waals surface area contributed by atoms with Gasteiger partial charge in [0, 0.05) is 5.41 Å². The molecule has 21 heavy (non-hydrogen) atoms. The summed E-state index contributed by atoms with van der Waals surface area (Å²) in [4.78, 5) is 12.4. The topological polar surface area (TPSA) is 58.6 Å². The molecular weight excluding hydrogens is 266 g/mol. The fourth-order valence-corrected chi connectivity index (χ4v) is 4.55. The lowest BCUT2D eigenvalue weighted by Gasteiger charge is -2.60. The number of hydrogen-bond donors (Lipinski definition) is 2. The Morgan fingerprint density at radius 2 is 2.29 bits per heavy atom. The smallest absolute Gasteiger partial charge is 0.228 e. The first-order valence-electron chi connectivity index (χ1n) is 7.88. The Morgan fingerprint density at radius 1 is 1.57 bits per heavy atom. The maximum Gasteiger partial charge on any atom is 0.228 e. The van der Waals surface area contributed by atoms with Gasteiger partial charge in [0.25, 0.3) is 0 Å². The summed E-state index contributed by atoms with van der Waals surface area (Å²) in [6, 6.07) is 0. The van der Waals surface area contributed by atoms with Gasteiger partial charge in [-0.3, -0.25) is 4.79 Å². The van der Waals surface area contributed by atoms with Crippen LogP contribution in [0.5, 0.6) is 0 Å². The minimum Gasteiger partial charge on any atom is -0.486 e. The van der Waals surface area contributed by atoms with Gasteiger partial charge in [0.15, 0.2) is 11.1 Å². The number of carbonyl (C=O) groups is 1. The van der Waals surface area contributed by atoms with Crippen molar-refractivity contribution >= 4 is 5.91 Å². The van der Waals surface area contributed by atoms with Crippen LogP contribution in [0, 0.1) is 11.3 Å². The van der Waals surface area contributed by atoms with Gasteiger partial charge in [0.2, 0.25) is 5.91 Å². The summed E-state index contributed by atoms with van der Waals surface area (Å²) in [7, 11) is 0. The zero-order valence-electron chi connectivity index (χ0n) is 13.1. The van der Waals surface area contributed by atoms with Gasteiger partial charge < -0.3 is 15.2 Å². The van der Waals surface area contributed by atoms with Gasteiger partial charge in [-0.1, -0.05) is 32.6 Å². The fraction of sp³-hybridized carbons (Fsp3) is 0.706. The number of nitrogens with one attached hydrogen (secondary N) is 1. The Morgan fingerprint density at radius 3 is 2.81 bits per heavy atom. The lowest BCUT2D eigenvalue weighted by atomic mass is 9.59. The van der Waals surface area contributed by atoms with E-state index < -0.39 is 17.2 Å². The number of carbonyl (C=O) groups excluding carboxylic acids is 1. The van der Waals surface area contributed by atoms with Crippen molar-refractivity contribution < 1.29 is 14.6 Å². The van der Waals surface area contributed by atoms with Gasteiger partial charge in [-0.25, -0.2) is 0 Å². The molecule has 0 aromatic carbocycles. The third kappa shape index (κ3) is 1.57. The number of ether oxygens (including phenoxy) is 1. The van der Waals surface area contributed by atoms with Crippen LogP contribution in [0.25, 0.3) is 0 Å². The summed E-state index contributed by atoms with van der Waals surface area (Å²) in [6.45, 7) is 9.91. The molecule has 2 heterocycles. The first-order chi connectivity index (χ1) is 9.82. The van der Waals surface area contributed by atoms with E-state index in [4.69, 9.17) is 4.74 Å². The minimum absolute atomic E-state index is 0.0407. The van der Waals surface area contributed by atoms with E-state index in [9.17, 15) is 9.90 Å². The van der Waals surface area contributed by atoms with Crippen molar-refractivity contribution in [3.05, 3.63) is 24.5 Å². The lowest BCUT2D eigenvalue weighted by molar-refractivity contribution is -0.211. The van der Waals surface area contributed by atoms with E-state index >= 15 is 0 Å². The normalized spacial score (nSPS) is 46.4. The number of fused-ring (bicyclic) bond motifs is 1. The second kappa shape index (κ2) is 4.35. The number of aliphatic hydroxyl groups is 1. The average molecular weight is 291 g/mol. The molecule has 1 amide bonds. The fourth-order valence-electron chi connectivity index (χ4n) is 4.55. The molecule has 0 bridgehead atoms. The van der Waals surface area contributed by atoms with E-state index in [0.717, 1.165) is 19.3 Å². The van der Waals surface area contributed by atoms with E-state index in [1.807, 2.05) is 13.8 Å². The first-order valence-corrected chi connectivity index (χ1v) is 7.88. The van der Waals surface area contributed by atoms with Crippen LogP contribution < -0.4 is 5.32 Å². The second-order valence-corrected chi connectivity index (χ2v) is 7.09. The minimum atomic E-state index is -0.860. The monoisotopic (exact) mass is 291 g/mol. The number of aliphatic hydroxyl groups excluding tert-OH is 1. The molecule has 0 unspecified atom stereocenters. The highest BCUT2D eigenvalue weighted by atomic mass is 16.5. The summed E-state index contributed by atoms with van der Waals surface area (Å²) in [6.07, 6.45) is 7.18. The quantitative estimate of drug-likeness (QED) is 0.784. The lowest BCUT2D eigenvalue weighted by Crippen LogP contribution is -2.76. The first kappa shape index (κ1) is 14.6. The maximum atomic E-state index is 12.4. The van der Waals surface area contributed by atoms with Gasteiger partial charge in [0.05, 0.1) is 12.0 Å². The predicted octanol–water partition coefficient (Wildman–Crippen LogP) is 2.29. The van der Waals surface area contributed by atoms with E-state index in [1.165, 1.54) is 0 Å². The van der Waals surface area contributed by atoms with E-state index in [1.54, 1.807) is 0 Å². The van der Waals surface area contributed by atoms with Gasteiger partial charge in [0.1, 0.15) is 5.76 Å². The third-order valence-corrected chi connectivity index (χ3v) is 5.89. The molecule has 0 radical (unpaired) electrons. The summed E-state index contributed by atoms with van der Waals surface area (Å²) >= 11 is 0. The Kier molecular flexibility index (Phi) is 3.04. The number of allylic oxidation sites excluding steroid dienone is 1. The molecular formula is C17H25NO3. The van der Waals surface area contributed by atoms with Crippen LogP contribution in [-0.4, -0.2) is 28.3 Å². The average Bonchev–Trinajstić information content (AvgIpc) is 2.62. The van der Waals surface area contributed by atoms with E-state index in [2.05, 4.69) is 31.0 Å². The van der Waals surface area contributed by atoms with Gasteiger partial charge in [-0.2, -0.15) is 0 Å². The zero-order valence-corrected chi connectivity index (χ0v) is 13.1. The van der Waals surface area contributed by atoms with Gasteiger partial charge in [-0.15, -0.1) is 0 Å². The predicted molar refractivity (Wildman–Crippen MR) is 80.4 cm³/mol. The number of hydrogen-bond acceptors (Lipinski definition) is 3. The molecule has 4 heteroatoms. The number of amides is 1. The van der Waals surface area contributed by atoms with Crippen LogP contribution in [0.1, 0.15) is 46.5 Å². The number of rotatable bonds is 3. The second-order valence-electron chi connectivity index (χ2n) is 7.09. The van der Waals surface area contributed by atoms with Crippen molar-refractivity contribution in [1.82, 2.24) is 5.32 Å². The van der Waals surface area contributed by atoms with Crippen molar-refractivity contribution in [1.29, 1.82) is 0 Å². The van der Waals surface area contributed by atoms with Gasteiger partial charge >= 0.3 is 0 Å². The van der Waals surface area contributed by atoms with Crippen molar-refractivity contribution in [2.75, 3.05) is 0 Å². The molecule has 1 aliphatic carbocycles. The molecule has 0 aromatic heterocycles. The van der Waals surface area contributed by atoms with E-state index in [-0.39, 0.29) is 17.2 Å². The molecule has 2 saturated heterocycles. The largest absolute Gasteiger partial charge is 0.486 e. The Balaban J connectivity index is 2.03. The van der Waals surface area contributed by atoms with Crippen LogP contribution in [0.2, 0.25) is 0 Å². The molecule has 5 atom stereocenters. The standard InChI is InChI=1S/C17H25NO3/c1-5-12-13(19)18-17(11(2)21-16(12,17)4)14(20)15(3)9-7-6-8-10-15/h7,9,12,14,20H,2,5-6,8,10H2,1,3-4H3,(H,18,19)/t12-,14-,15+,16-,17+/m0/s1. The zero-order chi connectivity index (χ0) is 15.5. The van der Waals surface area contributed by atoms with Crippen LogP contribution in [-0.2, 0) is 9.53 Å². The van der Waals surface area contributed by atoms with Crippen LogP contribution in [0.3, 0.4) is 0 Å². The molecule has 2 aliphatic heterocycles. The van der Waals surface area contributed by atoms with Crippen molar-refractivity contribution in [2.24, 2.45) is 11.3 Å². The summed E-state index contributed by atoms with van der Waals surface area (Å²) in [5.74, 6) is 0.205. The molecule has 0 aromatic rings. The Bertz CT molecular complexity index is 528. The maximum absolute atomic E-state index is 12.4. The van der Waals surface area contributed by atoms with Crippen LogP contribution >= 0.6 is 0 Å². The van der Waals surface area contributed by atoms with Gasteiger partial charge in [-0.05, 0) is 32.6 Å². The molecule has 0 saturated carbocycles. The summed E-state index contributed by atoms with van der Waals surface area (Å²) in [5.41, 5.74) is -1.92. The van der Waals surface area contributed by atoms with Crippen molar-refractivity contribution in [3.8, 4) is 0 Å². The van der Waals surface area contributed by atoms with Crippen LogP contribution in [0.4, 0.5) is 0 Å². The highest BCUT2D eigenvalue weighted by molar-refractivity contribution is 5.87. The Labute approximate surface area is 126 Å². The molecule has 0 spiro atoms. The van der Waals surface area contributed by atoms with E-state index in [0.29, 0.717) is 12.2 Å².